The molecular formula is C17H25BO4. The summed E-state index contributed by atoms with van der Waals surface area (Å²) in [6.07, 6.45) is 2.47. The van der Waals surface area contributed by atoms with Gasteiger partial charge in [0.15, 0.2) is 0 Å². The fourth-order valence-electron chi connectivity index (χ4n) is 2.41. The molecule has 22 heavy (non-hydrogen) atoms. The highest BCUT2D eigenvalue weighted by atomic mass is 16.7. The molecule has 1 heterocycles. The lowest BCUT2D eigenvalue weighted by Gasteiger charge is -2.32. The summed E-state index contributed by atoms with van der Waals surface area (Å²) in [7, 11) is -0.558. The molecule has 0 atom stereocenters. The minimum Gasteiger partial charge on any atom is -0.400 e. The van der Waals surface area contributed by atoms with Crippen LogP contribution in [0.25, 0.3) is 6.08 Å². The van der Waals surface area contributed by atoms with Gasteiger partial charge in [0, 0.05) is 6.61 Å². The van der Waals surface area contributed by atoms with Gasteiger partial charge in [0.05, 0.1) is 17.8 Å². The van der Waals surface area contributed by atoms with Gasteiger partial charge in [0.2, 0.25) is 0 Å². The molecule has 0 saturated carbocycles. The van der Waals surface area contributed by atoms with E-state index in [1.54, 1.807) is 0 Å². The largest absolute Gasteiger partial charge is 0.492 e. The van der Waals surface area contributed by atoms with E-state index in [0.717, 1.165) is 11.1 Å². The third-order valence-electron chi connectivity index (χ3n) is 4.52. The highest BCUT2D eigenvalue weighted by Gasteiger charge is 2.52. The van der Waals surface area contributed by atoms with E-state index in [0.29, 0.717) is 11.9 Å². The molecule has 1 aromatic rings. The quantitative estimate of drug-likeness (QED) is 0.819. The summed E-state index contributed by atoms with van der Waals surface area (Å²) in [5.74, 6) is 0. The van der Waals surface area contributed by atoms with E-state index < -0.39 is 18.3 Å². The zero-order valence-corrected chi connectivity index (χ0v) is 13.8. The van der Waals surface area contributed by atoms with Gasteiger partial charge in [0.25, 0.3) is 0 Å². The molecule has 4 nitrogen and oxygen atoms in total. The van der Waals surface area contributed by atoms with Crippen LogP contribution in [0.3, 0.4) is 0 Å². The van der Waals surface area contributed by atoms with Crippen molar-refractivity contribution in [2.75, 3.05) is 13.2 Å². The number of hydrogen-bond donors (Lipinski definition) is 2. The molecular weight excluding hydrogens is 279 g/mol. The summed E-state index contributed by atoms with van der Waals surface area (Å²) in [4.78, 5) is 0. The van der Waals surface area contributed by atoms with Crippen LogP contribution in [0.1, 0.15) is 38.8 Å². The van der Waals surface area contributed by atoms with Crippen molar-refractivity contribution in [2.45, 2.75) is 45.3 Å². The second-order valence-corrected chi connectivity index (χ2v) is 6.64. The first-order chi connectivity index (χ1) is 10.3. The molecule has 0 aromatic heterocycles. The Morgan fingerprint density at radius 3 is 2.23 bits per heavy atom. The van der Waals surface area contributed by atoms with Crippen LogP contribution in [0.15, 0.2) is 29.7 Å². The molecule has 2 rings (SSSR count). The van der Waals surface area contributed by atoms with Gasteiger partial charge in [-0.25, -0.2) is 0 Å². The number of rotatable bonds is 5. The predicted molar refractivity (Wildman–Crippen MR) is 88.4 cm³/mol. The molecule has 1 aromatic carbocycles. The van der Waals surface area contributed by atoms with Gasteiger partial charge in [0.1, 0.15) is 0 Å². The molecule has 2 N–H and O–H groups in total. The molecule has 1 aliphatic heterocycles. The predicted octanol–water partition coefficient (Wildman–Crippen LogP) is 2.23. The molecule has 5 heteroatoms. The van der Waals surface area contributed by atoms with Crippen LogP contribution in [0, 0.1) is 0 Å². The maximum absolute atomic E-state index is 9.73. The molecule has 0 amide bonds. The van der Waals surface area contributed by atoms with Crippen molar-refractivity contribution in [3.8, 4) is 0 Å². The summed E-state index contributed by atoms with van der Waals surface area (Å²) in [5, 5.41) is 18.9. The molecule has 1 fully saturated rings. The summed E-state index contributed by atoms with van der Waals surface area (Å²) >= 11 is 0. The van der Waals surface area contributed by atoms with Crippen LogP contribution >= 0.6 is 0 Å². The summed E-state index contributed by atoms with van der Waals surface area (Å²) in [6, 6.07) is 7.81. The Morgan fingerprint density at radius 1 is 1.09 bits per heavy atom. The maximum atomic E-state index is 9.73. The first-order valence-corrected chi connectivity index (χ1v) is 7.66. The molecule has 0 radical (unpaired) electrons. The molecule has 0 bridgehead atoms. The van der Waals surface area contributed by atoms with Crippen LogP contribution in [0.2, 0.25) is 0 Å². The average Bonchev–Trinajstić information content (AvgIpc) is 2.66. The summed E-state index contributed by atoms with van der Waals surface area (Å²) in [5.41, 5.74) is 1.82. The lowest BCUT2D eigenvalue weighted by molar-refractivity contribution is 0.00578. The molecule has 1 aliphatic rings. The number of benzene rings is 1. The van der Waals surface area contributed by atoms with Gasteiger partial charge in [-0.05, 0) is 50.7 Å². The van der Waals surface area contributed by atoms with Gasteiger partial charge in [-0.3, -0.25) is 0 Å². The molecule has 1 saturated heterocycles. The Balaban J connectivity index is 2.30. The second kappa shape index (κ2) is 6.55. The van der Waals surface area contributed by atoms with Gasteiger partial charge in [-0.1, -0.05) is 30.3 Å². The molecule has 0 unspecified atom stereocenters. The third-order valence-corrected chi connectivity index (χ3v) is 4.52. The third kappa shape index (κ3) is 3.44. The van der Waals surface area contributed by atoms with Gasteiger partial charge in [-0.2, -0.15) is 0 Å². The zero-order valence-electron chi connectivity index (χ0n) is 13.8. The summed E-state index contributed by atoms with van der Waals surface area (Å²) < 4.78 is 12.0. The monoisotopic (exact) mass is 304 g/mol. The van der Waals surface area contributed by atoms with Crippen molar-refractivity contribution < 1.29 is 19.5 Å². The van der Waals surface area contributed by atoms with E-state index in [4.69, 9.17) is 14.4 Å². The van der Waals surface area contributed by atoms with Crippen LogP contribution in [-0.4, -0.2) is 41.7 Å². The van der Waals surface area contributed by atoms with E-state index in [9.17, 15) is 5.11 Å². The first-order valence-electron chi connectivity index (χ1n) is 7.66. The number of hydrogen-bond acceptors (Lipinski definition) is 4. The summed E-state index contributed by atoms with van der Waals surface area (Å²) in [6.45, 7) is 7.91. The van der Waals surface area contributed by atoms with Crippen LogP contribution in [-0.2, 0) is 15.7 Å². The van der Waals surface area contributed by atoms with Crippen molar-refractivity contribution in [1.82, 2.24) is 0 Å². The topological polar surface area (TPSA) is 58.9 Å². The van der Waals surface area contributed by atoms with Gasteiger partial charge in [-0.15, -0.1) is 0 Å². The zero-order chi connectivity index (χ0) is 16.4. The molecule has 0 aliphatic carbocycles. The first kappa shape index (κ1) is 17.2. The highest BCUT2D eigenvalue weighted by molar-refractivity contribution is 6.55. The van der Waals surface area contributed by atoms with E-state index in [-0.39, 0.29) is 13.2 Å². The maximum Gasteiger partial charge on any atom is 0.492 e. The Labute approximate surface area is 132 Å². The smallest absolute Gasteiger partial charge is 0.400 e. The van der Waals surface area contributed by atoms with E-state index in [1.165, 1.54) is 0 Å². The van der Waals surface area contributed by atoms with E-state index in [2.05, 4.69) is 0 Å². The standard InChI is InChI=1S/C17H25BO4/c1-16(2)17(3,4)22-18(21-16)15(12-20)11-14-8-6-5-7-13(14)9-10-19/h5-8,11,19-20H,9-10,12H2,1-4H3. The van der Waals surface area contributed by atoms with Crippen molar-refractivity contribution in [2.24, 2.45) is 0 Å². The van der Waals surface area contributed by atoms with Crippen molar-refractivity contribution >= 4 is 13.2 Å². The average molecular weight is 304 g/mol. The Morgan fingerprint density at radius 2 is 1.68 bits per heavy atom. The van der Waals surface area contributed by atoms with Crippen LogP contribution in [0.4, 0.5) is 0 Å². The minimum atomic E-state index is -0.558. The fraction of sp³-hybridized carbons (Fsp3) is 0.529. The van der Waals surface area contributed by atoms with Crippen LogP contribution in [0.5, 0.6) is 0 Å². The van der Waals surface area contributed by atoms with E-state index >= 15 is 0 Å². The lowest BCUT2D eigenvalue weighted by atomic mass is 9.77. The second-order valence-electron chi connectivity index (χ2n) is 6.64. The SMILES string of the molecule is CC1(C)OB(C(=Cc2ccccc2CCO)CO)OC1(C)C. The van der Waals surface area contributed by atoms with Gasteiger partial charge < -0.3 is 19.5 Å². The molecule has 0 spiro atoms. The number of aliphatic hydroxyl groups is 2. The van der Waals surface area contributed by atoms with Gasteiger partial charge >= 0.3 is 7.12 Å². The lowest BCUT2D eigenvalue weighted by Crippen LogP contribution is -2.41. The van der Waals surface area contributed by atoms with E-state index in [1.807, 2.05) is 58.0 Å². The van der Waals surface area contributed by atoms with Crippen molar-refractivity contribution in [1.29, 1.82) is 0 Å². The Hall–Kier alpha value is -1.14. The van der Waals surface area contributed by atoms with Crippen molar-refractivity contribution in [3.05, 3.63) is 40.9 Å². The van der Waals surface area contributed by atoms with Crippen LogP contribution < -0.4 is 0 Å². The normalized spacial score (nSPS) is 20.5. The number of aliphatic hydroxyl groups excluding tert-OH is 2. The molecule has 120 valence electrons. The minimum absolute atomic E-state index is 0.0931. The highest BCUT2D eigenvalue weighted by Crippen LogP contribution is 2.38. The fourth-order valence-corrected chi connectivity index (χ4v) is 2.41. The Bertz CT molecular complexity index is 535. The Kier molecular flexibility index (Phi) is 5.12. The van der Waals surface area contributed by atoms with Crippen molar-refractivity contribution in [3.63, 3.8) is 0 Å².